The van der Waals surface area contributed by atoms with Crippen LogP contribution in [-0.2, 0) is 0 Å². The van der Waals surface area contributed by atoms with E-state index in [1.165, 1.54) is 6.20 Å². The zero-order chi connectivity index (χ0) is 17.1. The van der Waals surface area contributed by atoms with Crippen LogP contribution in [-0.4, -0.2) is 27.8 Å². The SMILES string of the molecule is Cc1nc(C(C)C)sc1[C@H](C)N(C)C(=O)c1ccc(C#N)cn1. The third kappa shape index (κ3) is 3.57. The molecule has 0 fully saturated rings. The number of aryl methyl sites for hydroxylation is 1. The fourth-order valence-corrected chi connectivity index (χ4v) is 3.35. The van der Waals surface area contributed by atoms with Crippen molar-refractivity contribution in [1.29, 1.82) is 5.26 Å². The predicted molar refractivity (Wildman–Crippen MR) is 90.4 cm³/mol. The van der Waals surface area contributed by atoms with Gasteiger partial charge in [0.25, 0.3) is 5.91 Å². The average molecular weight is 328 g/mol. The molecule has 0 aliphatic rings. The highest BCUT2D eigenvalue weighted by atomic mass is 32.1. The van der Waals surface area contributed by atoms with Gasteiger partial charge in [0.1, 0.15) is 11.8 Å². The predicted octanol–water partition coefficient (Wildman–Crippen LogP) is 3.67. The number of carbonyl (C=O) groups is 1. The fourth-order valence-electron chi connectivity index (χ4n) is 2.18. The van der Waals surface area contributed by atoms with Crippen LogP contribution >= 0.6 is 11.3 Å². The molecule has 2 aromatic rings. The molecule has 0 saturated carbocycles. The number of nitrogens with zero attached hydrogens (tertiary/aromatic N) is 4. The van der Waals surface area contributed by atoms with Gasteiger partial charge in [0, 0.05) is 24.0 Å². The second-order valence-electron chi connectivity index (χ2n) is 5.79. The van der Waals surface area contributed by atoms with Crippen LogP contribution in [0.3, 0.4) is 0 Å². The summed E-state index contributed by atoms with van der Waals surface area (Å²) < 4.78 is 0. The third-order valence-corrected chi connectivity index (χ3v) is 5.36. The lowest BCUT2D eigenvalue weighted by Gasteiger charge is -2.24. The highest BCUT2D eigenvalue weighted by molar-refractivity contribution is 7.11. The van der Waals surface area contributed by atoms with Crippen molar-refractivity contribution in [3.63, 3.8) is 0 Å². The van der Waals surface area contributed by atoms with Crippen LogP contribution in [0.1, 0.15) is 64.4 Å². The smallest absolute Gasteiger partial charge is 0.272 e. The van der Waals surface area contributed by atoms with Crippen LogP contribution in [0, 0.1) is 18.3 Å². The van der Waals surface area contributed by atoms with E-state index in [0.29, 0.717) is 17.2 Å². The largest absolute Gasteiger partial charge is 0.333 e. The zero-order valence-electron chi connectivity index (χ0n) is 14.0. The minimum Gasteiger partial charge on any atom is -0.333 e. The van der Waals surface area contributed by atoms with Gasteiger partial charge in [0.15, 0.2) is 0 Å². The molecule has 0 saturated heterocycles. The molecule has 2 aromatic heterocycles. The Labute approximate surface area is 140 Å². The lowest BCUT2D eigenvalue weighted by atomic mass is 10.2. The lowest BCUT2D eigenvalue weighted by molar-refractivity contribution is 0.0738. The summed E-state index contributed by atoms with van der Waals surface area (Å²) in [5.41, 5.74) is 1.75. The molecule has 0 aromatic carbocycles. The summed E-state index contributed by atoms with van der Waals surface area (Å²) in [7, 11) is 1.76. The van der Waals surface area contributed by atoms with Gasteiger partial charge in [-0.25, -0.2) is 9.97 Å². The van der Waals surface area contributed by atoms with Crippen molar-refractivity contribution >= 4 is 17.2 Å². The Bertz CT molecular complexity index is 743. The molecule has 0 aliphatic heterocycles. The normalized spacial score (nSPS) is 12.0. The molecule has 23 heavy (non-hydrogen) atoms. The second-order valence-corrected chi connectivity index (χ2v) is 6.85. The molecule has 0 N–H and O–H groups in total. The minimum absolute atomic E-state index is 0.0788. The van der Waals surface area contributed by atoms with Gasteiger partial charge in [-0.2, -0.15) is 5.26 Å². The Morgan fingerprint density at radius 2 is 2.04 bits per heavy atom. The topological polar surface area (TPSA) is 69.9 Å². The van der Waals surface area contributed by atoms with Crippen molar-refractivity contribution in [2.45, 2.75) is 39.7 Å². The van der Waals surface area contributed by atoms with E-state index in [1.54, 1.807) is 35.4 Å². The van der Waals surface area contributed by atoms with Crippen LogP contribution in [0.2, 0.25) is 0 Å². The number of nitriles is 1. The van der Waals surface area contributed by atoms with Crippen LogP contribution in [0.15, 0.2) is 18.3 Å². The molecule has 0 bridgehead atoms. The van der Waals surface area contributed by atoms with E-state index < -0.39 is 0 Å². The van der Waals surface area contributed by atoms with E-state index in [0.717, 1.165) is 15.6 Å². The summed E-state index contributed by atoms with van der Waals surface area (Å²) >= 11 is 1.65. The summed E-state index contributed by atoms with van der Waals surface area (Å²) in [5.74, 6) is 0.210. The Morgan fingerprint density at radius 1 is 1.35 bits per heavy atom. The van der Waals surface area contributed by atoms with Gasteiger partial charge in [-0.3, -0.25) is 4.79 Å². The number of amides is 1. The maximum atomic E-state index is 12.6. The summed E-state index contributed by atoms with van der Waals surface area (Å²) in [6.07, 6.45) is 1.42. The first kappa shape index (κ1) is 17.1. The number of aromatic nitrogens is 2. The van der Waals surface area contributed by atoms with Crippen LogP contribution in [0.4, 0.5) is 0 Å². The fraction of sp³-hybridized carbons (Fsp3) is 0.412. The maximum absolute atomic E-state index is 12.6. The molecular weight excluding hydrogens is 308 g/mol. The molecule has 2 heterocycles. The molecule has 6 heteroatoms. The standard InChI is InChI=1S/C17H20N4OS/c1-10(2)16-20-11(3)15(23-16)12(4)21(5)17(22)14-7-6-13(8-18)9-19-14/h6-7,9-10,12H,1-5H3/t12-/m0/s1. The number of hydrogen-bond acceptors (Lipinski definition) is 5. The first-order valence-electron chi connectivity index (χ1n) is 7.45. The van der Waals surface area contributed by atoms with Crippen molar-refractivity contribution in [2.24, 2.45) is 0 Å². The Balaban J connectivity index is 2.23. The maximum Gasteiger partial charge on any atom is 0.272 e. The van der Waals surface area contributed by atoms with Crippen molar-refractivity contribution < 1.29 is 4.79 Å². The highest BCUT2D eigenvalue weighted by Crippen LogP contribution is 2.32. The number of carbonyl (C=O) groups excluding carboxylic acids is 1. The monoisotopic (exact) mass is 328 g/mol. The number of thiazole rings is 1. The first-order valence-corrected chi connectivity index (χ1v) is 8.27. The van der Waals surface area contributed by atoms with Crippen LogP contribution in [0.25, 0.3) is 0 Å². The number of hydrogen-bond donors (Lipinski definition) is 0. The summed E-state index contributed by atoms with van der Waals surface area (Å²) in [6.45, 7) is 8.20. The average Bonchev–Trinajstić information content (AvgIpc) is 2.95. The summed E-state index contributed by atoms with van der Waals surface area (Å²) in [4.78, 5) is 24.0. The molecule has 0 aliphatic carbocycles. The van der Waals surface area contributed by atoms with Crippen molar-refractivity contribution in [2.75, 3.05) is 7.05 Å². The second kappa shape index (κ2) is 6.88. The van der Waals surface area contributed by atoms with Gasteiger partial charge in [0.2, 0.25) is 0 Å². The molecule has 5 nitrogen and oxygen atoms in total. The van der Waals surface area contributed by atoms with Gasteiger partial charge in [-0.1, -0.05) is 13.8 Å². The quantitative estimate of drug-likeness (QED) is 0.858. The highest BCUT2D eigenvalue weighted by Gasteiger charge is 2.24. The zero-order valence-corrected chi connectivity index (χ0v) is 14.8. The summed E-state index contributed by atoms with van der Waals surface area (Å²) in [5, 5.41) is 9.88. The first-order chi connectivity index (χ1) is 10.8. The van der Waals surface area contributed by atoms with E-state index >= 15 is 0 Å². The number of rotatable bonds is 4. The Kier molecular flexibility index (Phi) is 5.12. The van der Waals surface area contributed by atoms with E-state index in [4.69, 9.17) is 5.26 Å². The minimum atomic E-state index is -0.166. The van der Waals surface area contributed by atoms with Gasteiger partial charge in [-0.05, 0) is 26.0 Å². The number of pyridine rings is 1. The molecule has 1 atom stereocenters. The van der Waals surface area contributed by atoms with E-state index in [9.17, 15) is 4.79 Å². The van der Waals surface area contributed by atoms with Crippen molar-refractivity contribution in [3.8, 4) is 6.07 Å². The van der Waals surface area contributed by atoms with Crippen molar-refractivity contribution in [1.82, 2.24) is 14.9 Å². The Morgan fingerprint density at radius 3 is 2.52 bits per heavy atom. The third-order valence-electron chi connectivity index (χ3n) is 3.74. The van der Waals surface area contributed by atoms with Gasteiger partial charge < -0.3 is 4.90 Å². The van der Waals surface area contributed by atoms with E-state index in [1.807, 2.05) is 19.9 Å². The van der Waals surface area contributed by atoms with Crippen LogP contribution < -0.4 is 0 Å². The van der Waals surface area contributed by atoms with E-state index in [2.05, 4.69) is 23.8 Å². The van der Waals surface area contributed by atoms with Gasteiger partial charge in [0.05, 0.1) is 22.3 Å². The molecule has 0 spiro atoms. The molecule has 120 valence electrons. The molecule has 2 rings (SSSR count). The van der Waals surface area contributed by atoms with Crippen molar-refractivity contribution in [3.05, 3.63) is 45.2 Å². The molecule has 0 unspecified atom stereocenters. The van der Waals surface area contributed by atoms with Gasteiger partial charge in [-0.15, -0.1) is 11.3 Å². The summed E-state index contributed by atoms with van der Waals surface area (Å²) in [6, 6.07) is 5.11. The van der Waals surface area contributed by atoms with E-state index in [-0.39, 0.29) is 11.9 Å². The Hall–Kier alpha value is -2.26. The van der Waals surface area contributed by atoms with Gasteiger partial charge >= 0.3 is 0 Å². The van der Waals surface area contributed by atoms with Crippen LogP contribution in [0.5, 0.6) is 0 Å². The lowest BCUT2D eigenvalue weighted by Crippen LogP contribution is -2.30. The molecule has 0 radical (unpaired) electrons. The molecular formula is C17H20N4OS. The molecule has 1 amide bonds.